The van der Waals surface area contributed by atoms with Crippen molar-refractivity contribution in [3.63, 3.8) is 0 Å². The molecule has 0 saturated carbocycles. The summed E-state index contributed by atoms with van der Waals surface area (Å²) >= 11 is 0. The first-order valence-electron chi connectivity index (χ1n) is 8.77. The van der Waals surface area contributed by atoms with Gasteiger partial charge in [-0.15, -0.1) is 0 Å². The van der Waals surface area contributed by atoms with E-state index >= 15 is 0 Å². The highest BCUT2D eigenvalue weighted by Gasteiger charge is 2.33. The van der Waals surface area contributed by atoms with Gasteiger partial charge in [0.2, 0.25) is 10.0 Å². The molecular formula is C19H21N3O5S. The topological polar surface area (TPSA) is 119 Å². The number of benzene rings is 2. The summed E-state index contributed by atoms with van der Waals surface area (Å²) in [6.45, 7) is 0.699. The Kier molecular flexibility index (Phi) is 6.08. The van der Waals surface area contributed by atoms with Crippen LogP contribution in [0.15, 0.2) is 59.5 Å². The lowest BCUT2D eigenvalue weighted by atomic mass is 10.2. The molecule has 1 unspecified atom stereocenters. The van der Waals surface area contributed by atoms with E-state index in [9.17, 15) is 18.0 Å². The Balaban J connectivity index is 1.84. The Hall–Kier alpha value is -2.75. The molecule has 2 aromatic carbocycles. The summed E-state index contributed by atoms with van der Waals surface area (Å²) < 4.78 is 28.2. The van der Waals surface area contributed by atoms with Crippen LogP contribution in [0, 0.1) is 0 Å². The number of imide groups is 1. The van der Waals surface area contributed by atoms with Crippen LogP contribution in [-0.2, 0) is 26.2 Å². The molecule has 0 spiro atoms. The molecule has 148 valence electrons. The first kappa shape index (κ1) is 20.0. The van der Waals surface area contributed by atoms with E-state index in [0.717, 1.165) is 16.9 Å². The average Bonchev–Trinajstić information content (AvgIpc) is 3.22. The van der Waals surface area contributed by atoms with Crippen LogP contribution in [0.25, 0.3) is 0 Å². The normalized spacial score (nSPS) is 16.5. The average molecular weight is 403 g/mol. The van der Waals surface area contributed by atoms with Gasteiger partial charge in [0.1, 0.15) is 6.61 Å². The summed E-state index contributed by atoms with van der Waals surface area (Å²) in [7, 11) is -3.88. The standard InChI is InChI=1S/C19H21N3O5S/c20-28(25,26)16-10-8-15(9-11-16)22(18(23)17-7-4-12-21-17)19(24)27-13-14-5-2-1-3-6-14/h1-3,5-6,8-11,17,21H,4,7,12-13H2,(H2,20,25,26). The lowest BCUT2D eigenvalue weighted by Crippen LogP contribution is -2.47. The van der Waals surface area contributed by atoms with Crippen molar-refractivity contribution in [3.05, 3.63) is 60.2 Å². The second-order valence-corrected chi connectivity index (χ2v) is 7.96. The summed E-state index contributed by atoms with van der Waals surface area (Å²) in [6, 6.07) is 13.8. The maximum absolute atomic E-state index is 12.9. The van der Waals surface area contributed by atoms with Gasteiger partial charge in [-0.25, -0.2) is 23.3 Å². The number of hydrogen-bond donors (Lipinski definition) is 2. The van der Waals surface area contributed by atoms with Crippen LogP contribution >= 0.6 is 0 Å². The second kappa shape index (κ2) is 8.51. The van der Waals surface area contributed by atoms with E-state index in [-0.39, 0.29) is 17.2 Å². The van der Waals surface area contributed by atoms with Crippen molar-refractivity contribution >= 4 is 27.7 Å². The molecule has 0 aliphatic carbocycles. The molecule has 1 aliphatic rings. The molecule has 0 aromatic heterocycles. The minimum atomic E-state index is -3.88. The van der Waals surface area contributed by atoms with Crippen molar-refractivity contribution < 1.29 is 22.7 Å². The van der Waals surface area contributed by atoms with E-state index < -0.39 is 28.1 Å². The number of hydrogen-bond acceptors (Lipinski definition) is 6. The second-order valence-electron chi connectivity index (χ2n) is 6.40. The molecule has 2 aromatic rings. The SMILES string of the molecule is NS(=O)(=O)c1ccc(N(C(=O)OCc2ccccc2)C(=O)C2CCCN2)cc1. The van der Waals surface area contributed by atoms with Crippen LogP contribution in [0.1, 0.15) is 18.4 Å². The van der Waals surface area contributed by atoms with Crippen molar-refractivity contribution in [2.24, 2.45) is 5.14 Å². The number of carbonyl (C=O) groups excluding carboxylic acids is 2. The fourth-order valence-electron chi connectivity index (χ4n) is 2.94. The van der Waals surface area contributed by atoms with Crippen LogP contribution in [0.5, 0.6) is 0 Å². The quantitative estimate of drug-likeness (QED) is 0.785. The number of amides is 2. The third-order valence-corrected chi connectivity index (χ3v) is 5.32. The Bertz CT molecular complexity index is 939. The van der Waals surface area contributed by atoms with Crippen molar-refractivity contribution in [1.82, 2.24) is 5.32 Å². The molecule has 0 bridgehead atoms. The fourth-order valence-corrected chi connectivity index (χ4v) is 3.46. The molecule has 1 atom stereocenters. The molecule has 1 aliphatic heterocycles. The highest BCUT2D eigenvalue weighted by molar-refractivity contribution is 7.89. The van der Waals surface area contributed by atoms with E-state index in [1.807, 2.05) is 18.2 Å². The van der Waals surface area contributed by atoms with Gasteiger partial charge in [-0.2, -0.15) is 0 Å². The van der Waals surface area contributed by atoms with Crippen LogP contribution in [-0.4, -0.2) is 33.0 Å². The van der Waals surface area contributed by atoms with Crippen LogP contribution < -0.4 is 15.4 Å². The Morgan fingerprint density at radius 2 is 1.79 bits per heavy atom. The highest BCUT2D eigenvalue weighted by atomic mass is 32.2. The van der Waals surface area contributed by atoms with Crippen LogP contribution in [0.4, 0.5) is 10.5 Å². The fraction of sp³-hybridized carbons (Fsp3) is 0.263. The lowest BCUT2D eigenvalue weighted by Gasteiger charge is -2.23. The van der Waals surface area contributed by atoms with Crippen molar-refractivity contribution in [1.29, 1.82) is 0 Å². The van der Waals surface area contributed by atoms with Crippen molar-refractivity contribution in [2.75, 3.05) is 11.4 Å². The third-order valence-electron chi connectivity index (χ3n) is 4.39. The summed E-state index contributed by atoms with van der Waals surface area (Å²) in [4.78, 5) is 26.4. The van der Waals surface area contributed by atoms with Crippen LogP contribution in [0.3, 0.4) is 0 Å². The number of rotatable bonds is 5. The van der Waals surface area contributed by atoms with Gasteiger partial charge in [-0.3, -0.25) is 4.79 Å². The number of nitrogens with two attached hydrogens (primary N) is 1. The van der Waals surface area contributed by atoms with Gasteiger partial charge in [0, 0.05) is 0 Å². The Labute approximate surface area is 163 Å². The molecule has 3 rings (SSSR count). The summed E-state index contributed by atoms with van der Waals surface area (Å²) in [5.74, 6) is -0.445. The molecule has 1 saturated heterocycles. The third kappa shape index (κ3) is 4.75. The van der Waals surface area contributed by atoms with Gasteiger partial charge in [0.05, 0.1) is 16.6 Å². The minimum Gasteiger partial charge on any atom is -0.444 e. The number of ether oxygens (including phenoxy) is 1. The van der Waals surface area contributed by atoms with E-state index in [4.69, 9.17) is 9.88 Å². The molecule has 1 fully saturated rings. The zero-order valence-electron chi connectivity index (χ0n) is 15.1. The number of nitrogens with zero attached hydrogens (tertiary/aromatic N) is 1. The van der Waals surface area contributed by atoms with Crippen LogP contribution in [0.2, 0.25) is 0 Å². The molecule has 3 N–H and O–H groups in total. The zero-order chi connectivity index (χ0) is 20.1. The van der Waals surface area contributed by atoms with E-state index in [0.29, 0.717) is 13.0 Å². The van der Waals surface area contributed by atoms with Gasteiger partial charge < -0.3 is 10.1 Å². The summed E-state index contributed by atoms with van der Waals surface area (Å²) in [6.07, 6.45) is 0.607. The smallest absolute Gasteiger partial charge is 0.421 e. The molecule has 1 heterocycles. The summed E-state index contributed by atoms with van der Waals surface area (Å²) in [5, 5.41) is 8.16. The predicted octanol–water partition coefficient (Wildman–Crippen LogP) is 1.76. The van der Waals surface area contributed by atoms with Crippen molar-refractivity contribution in [3.8, 4) is 0 Å². The maximum Gasteiger partial charge on any atom is 0.421 e. The van der Waals surface area contributed by atoms with Gasteiger partial charge in [-0.1, -0.05) is 30.3 Å². The van der Waals surface area contributed by atoms with Gasteiger partial charge >= 0.3 is 6.09 Å². The van der Waals surface area contributed by atoms with Gasteiger partial charge in [-0.05, 0) is 49.2 Å². The zero-order valence-corrected chi connectivity index (χ0v) is 15.9. The molecule has 8 nitrogen and oxygen atoms in total. The number of anilines is 1. The first-order valence-corrected chi connectivity index (χ1v) is 10.3. The number of carbonyl (C=O) groups is 2. The van der Waals surface area contributed by atoms with Crippen molar-refractivity contribution in [2.45, 2.75) is 30.4 Å². The first-order chi connectivity index (χ1) is 13.4. The number of sulfonamides is 1. The minimum absolute atomic E-state index is 0.0107. The summed E-state index contributed by atoms with van der Waals surface area (Å²) in [5.41, 5.74) is 0.996. The Morgan fingerprint density at radius 1 is 1.11 bits per heavy atom. The largest absolute Gasteiger partial charge is 0.444 e. The molecule has 2 amide bonds. The monoisotopic (exact) mass is 403 g/mol. The molecule has 28 heavy (non-hydrogen) atoms. The van der Waals surface area contributed by atoms with E-state index in [2.05, 4.69) is 5.32 Å². The van der Waals surface area contributed by atoms with E-state index in [1.54, 1.807) is 12.1 Å². The highest BCUT2D eigenvalue weighted by Crippen LogP contribution is 2.21. The number of nitrogens with one attached hydrogen (secondary N) is 1. The number of primary sulfonamides is 1. The lowest BCUT2D eigenvalue weighted by molar-refractivity contribution is -0.119. The van der Waals surface area contributed by atoms with Gasteiger partial charge in [0.15, 0.2) is 0 Å². The van der Waals surface area contributed by atoms with Gasteiger partial charge in [0.25, 0.3) is 5.91 Å². The molecule has 0 radical (unpaired) electrons. The Morgan fingerprint density at radius 3 is 2.36 bits per heavy atom. The molecule has 9 heteroatoms. The predicted molar refractivity (Wildman–Crippen MR) is 103 cm³/mol. The molecular weight excluding hydrogens is 382 g/mol. The van der Waals surface area contributed by atoms with E-state index in [1.165, 1.54) is 24.3 Å². The maximum atomic E-state index is 12.9.